The van der Waals surface area contributed by atoms with Crippen molar-refractivity contribution in [2.45, 2.75) is 56.3 Å². The molecule has 3 aromatic rings. The summed E-state index contributed by atoms with van der Waals surface area (Å²) in [5.74, 6) is -2.10. The van der Waals surface area contributed by atoms with Crippen molar-refractivity contribution in [1.82, 2.24) is 15.1 Å². The van der Waals surface area contributed by atoms with E-state index in [9.17, 15) is 22.8 Å². The van der Waals surface area contributed by atoms with Gasteiger partial charge in [-0.1, -0.05) is 54.8 Å². The molecule has 228 valence electrons. The summed E-state index contributed by atoms with van der Waals surface area (Å²) in [6.07, 6.45) is 3.85. The highest BCUT2D eigenvalue weighted by atomic mass is 35.5. The number of carbonyl (C=O) groups is 3. The van der Waals surface area contributed by atoms with Gasteiger partial charge in [0, 0.05) is 32.9 Å². The summed E-state index contributed by atoms with van der Waals surface area (Å²) >= 11 is 7.51. The second kappa shape index (κ2) is 13.1. The molecule has 0 unspecified atom stereocenters. The van der Waals surface area contributed by atoms with Crippen LogP contribution in [0.25, 0.3) is 0 Å². The fourth-order valence-electron chi connectivity index (χ4n) is 5.99. The molecule has 2 N–H and O–H groups in total. The van der Waals surface area contributed by atoms with Gasteiger partial charge in [-0.2, -0.15) is 0 Å². The number of halogens is 1. The number of methoxy groups -OCH3 is 1. The minimum Gasteiger partial charge on any atom is -0.465 e. The lowest BCUT2D eigenvalue weighted by Gasteiger charge is -2.49. The number of nitrogens with one attached hydrogen (secondary N) is 2. The number of carbonyl (C=O) groups excluding carboxylic acids is 3. The zero-order chi connectivity index (χ0) is 30.7. The van der Waals surface area contributed by atoms with Gasteiger partial charge in [0.2, 0.25) is 10.0 Å². The monoisotopic (exact) mass is 645 g/mol. The standard InChI is InChI=1S/C30H32ClN3O7S2/c1-40-30(37)19-15-21(42-17-19)16-41-32-28(35)26-22-7-3-4-8-23(22)29(36)34(27(26)18-11-13-20(31)14-12-18)25-10-6-5-9-24(25)33-43(2,38)39/h3-4,7-8,11-15,17,24-27,33H,5-6,9-10,16H2,1-2H3,(H,32,35)/t24-,25-,26+,27-/m0/s1. The molecule has 0 spiro atoms. The lowest BCUT2D eigenvalue weighted by molar-refractivity contribution is -0.138. The van der Waals surface area contributed by atoms with Gasteiger partial charge in [0.15, 0.2) is 0 Å². The lowest BCUT2D eigenvalue weighted by Crippen LogP contribution is -2.59. The summed E-state index contributed by atoms with van der Waals surface area (Å²) in [5.41, 5.74) is 4.55. The molecule has 1 aliphatic carbocycles. The molecule has 0 bridgehead atoms. The van der Waals surface area contributed by atoms with E-state index in [4.69, 9.17) is 21.2 Å². The molecule has 1 aromatic heterocycles. The minimum absolute atomic E-state index is 0.0129. The zero-order valence-corrected chi connectivity index (χ0v) is 26.0. The second-order valence-electron chi connectivity index (χ2n) is 10.7. The van der Waals surface area contributed by atoms with Crippen molar-refractivity contribution in [1.29, 1.82) is 0 Å². The molecule has 43 heavy (non-hydrogen) atoms. The van der Waals surface area contributed by atoms with E-state index in [0.717, 1.165) is 19.1 Å². The van der Waals surface area contributed by atoms with Crippen LogP contribution < -0.4 is 10.2 Å². The number of fused-ring (bicyclic) bond motifs is 1. The Hall–Kier alpha value is -3.29. The van der Waals surface area contributed by atoms with E-state index in [1.54, 1.807) is 64.9 Å². The molecule has 2 amide bonds. The fourth-order valence-corrected chi connectivity index (χ4v) is 7.71. The van der Waals surface area contributed by atoms with Crippen LogP contribution in [0.15, 0.2) is 60.0 Å². The van der Waals surface area contributed by atoms with Crippen molar-refractivity contribution in [3.63, 3.8) is 0 Å². The number of ether oxygens (including phenoxy) is 1. The summed E-state index contributed by atoms with van der Waals surface area (Å²) in [5, 5.41) is 2.15. The molecule has 5 rings (SSSR count). The highest BCUT2D eigenvalue weighted by Gasteiger charge is 2.49. The van der Waals surface area contributed by atoms with Gasteiger partial charge in [-0.3, -0.25) is 14.4 Å². The number of thiophene rings is 1. The quantitative estimate of drug-likeness (QED) is 0.257. The van der Waals surface area contributed by atoms with Crippen molar-refractivity contribution in [3.05, 3.63) is 92.1 Å². The van der Waals surface area contributed by atoms with Crippen LogP contribution >= 0.6 is 22.9 Å². The number of esters is 1. The Morgan fingerprint density at radius 1 is 1.09 bits per heavy atom. The predicted molar refractivity (Wildman–Crippen MR) is 162 cm³/mol. The number of rotatable bonds is 9. The number of sulfonamides is 1. The largest absolute Gasteiger partial charge is 0.465 e. The summed E-state index contributed by atoms with van der Waals surface area (Å²) in [4.78, 5) is 48.1. The first kappa shape index (κ1) is 31.1. The molecule has 4 atom stereocenters. The maximum atomic E-state index is 14.3. The number of hydroxylamine groups is 1. The Labute approximate surface area is 259 Å². The SMILES string of the molecule is COC(=O)c1csc(CONC(=O)[C@@H]2c3ccccc3C(=O)N([C@H]3CCCC[C@@H]3NS(C)(=O)=O)[C@H]2c2ccc(Cl)cc2)c1. The van der Waals surface area contributed by atoms with Crippen molar-refractivity contribution in [2.24, 2.45) is 0 Å². The van der Waals surface area contributed by atoms with Gasteiger partial charge in [-0.05, 0) is 48.2 Å². The topological polar surface area (TPSA) is 131 Å². The van der Waals surface area contributed by atoms with Crippen LogP contribution in [0.4, 0.5) is 0 Å². The Balaban J connectivity index is 1.52. The van der Waals surface area contributed by atoms with E-state index in [-0.39, 0.29) is 12.5 Å². The first-order chi connectivity index (χ1) is 20.6. The highest BCUT2D eigenvalue weighted by Crippen LogP contribution is 2.46. The molecule has 1 aliphatic heterocycles. The molecule has 0 radical (unpaired) electrons. The van der Waals surface area contributed by atoms with Gasteiger partial charge in [0.25, 0.3) is 11.8 Å². The molecule has 10 nitrogen and oxygen atoms in total. The third-order valence-electron chi connectivity index (χ3n) is 7.78. The molecule has 0 saturated heterocycles. The fraction of sp³-hybridized carbons (Fsp3) is 0.367. The summed E-state index contributed by atoms with van der Waals surface area (Å²) in [6.45, 7) is 0.0129. The number of hydrogen-bond acceptors (Lipinski definition) is 8. The Bertz CT molecular complexity index is 1610. The predicted octanol–water partition coefficient (Wildman–Crippen LogP) is 4.58. The van der Waals surface area contributed by atoms with Crippen LogP contribution in [-0.2, 0) is 31.0 Å². The van der Waals surface area contributed by atoms with Gasteiger partial charge >= 0.3 is 5.97 Å². The molecule has 2 aromatic carbocycles. The summed E-state index contributed by atoms with van der Waals surface area (Å²) < 4.78 is 32.1. The Morgan fingerprint density at radius 3 is 2.53 bits per heavy atom. The van der Waals surface area contributed by atoms with E-state index in [2.05, 4.69) is 10.2 Å². The maximum absolute atomic E-state index is 14.3. The van der Waals surface area contributed by atoms with Crippen LogP contribution in [0.3, 0.4) is 0 Å². The molecule has 1 fully saturated rings. The molecule has 1 saturated carbocycles. The van der Waals surface area contributed by atoms with Crippen molar-refractivity contribution in [3.8, 4) is 0 Å². The highest BCUT2D eigenvalue weighted by molar-refractivity contribution is 7.88. The van der Waals surface area contributed by atoms with Crippen molar-refractivity contribution in [2.75, 3.05) is 13.4 Å². The molecular weight excluding hydrogens is 614 g/mol. The smallest absolute Gasteiger partial charge is 0.338 e. The Morgan fingerprint density at radius 2 is 1.81 bits per heavy atom. The van der Waals surface area contributed by atoms with E-state index in [0.29, 0.717) is 45.0 Å². The minimum atomic E-state index is -3.57. The van der Waals surface area contributed by atoms with E-state index < -0.39 is 45.9 Å². The van der Waals surface area contributed by atoms with Gasteiger partial charge < -0.3 is 9.64 Å². The summed E-state index contributed by atoms with van der Waals surface area (Å²) in [6, 6.07) is 13.8. The van der Waals surface area contributed by atoms with Gasteiger partial charge in [-0.25, -0.2) is 23.4 Å². The third-order valence-corrected chi connectivity index (χ3v) is 9.68. The van der Waals surface area contributed by atoms with Crippen LogP contribution in [0.2, 0.25) is 5.02 Å². The summed E-state index contributed by atoms with van der Waals surface area (Å²) in [7, 11) is -2.27. The van der Waals surface area contributed by atoms with Gasteiger partial charge in [0.1, 0.15) is 6.61 Å². The first-order valence-electron chi connectivity index (χ1n) is 13.8. The molecule has 2 heterocycles. The van der Waals surface area contributed by atoms with Gasteiger partial charge in [-0.15, -0.1) is 11.3 Å². The number of benzene rings is 2. The average Bonchev–Trinajstić information content (AvgIpc) is 3.46. The Kier molecular flexibility index (Phi) is 9.52. The van der Waals surface area contributed by atoms with Crippen LogP contribution in [0.5, 0.6) is 0 Å². The zero-order valence-electron chi connectivity index (χ0n) is 23.6. The van der Waals surface area contributed by atoms with Crippen molar-refractivity contribution < 1.29 is 32.4 Å². The van der Waals surface area contributed by atoms with Gasteiger partial charge in [0.05, 0.1) is 30.9 Å². The lowest BCUT2D eigenvalue weighted by atomic mass is 9.76. The number of amides is 2. The first-order valence-corrected chi connectivity index (χ1v) is 16.9. The molecular formula is C30H32ClN3O7S2. The van der Waals surface area contributed by atoms with Crippen LogP contribution in [-0.4, -0.2) is 56.6 Å². The molecule has 13 heteroatoms. The van der Waals surface area contributed by atoms with Crippen molar-refractivity contribution >= 4 is 50.7 Å². The number of nitrogens with zero attached hydrogens (tertiary/aromatic N) is 1. The number of hydrogen-bond donors (Lipinski definition) is 2. The molecule has 2 aliphatic rings. The van der Waals surface area contributed by atoms with E-state index in [1.165, 1.54) is 18.4 Å². The third kappa shape index (κ3) is 6.94. The van der Waals surface area contributed by atoms with Crippen LogP contribution in [0.1, 0.15) is 74.4 Å². The second-order valence-corrected chi connectivity index (χ2v) is 13.9. The van der Waals surface area contributed by atoms with E-state index >= 15 is 0 Å². The average molecular weight is 646 g/mol. The van der Waals surface area contributed by atoms with E-state index in [1.807, 2.05) is 0 Å². The van der Waals surface area contributed by atoms with Crippen LogP contribution in [0, 0.1) is 0 Å². The normalized spacial score (nSPS) is 22.1. The maximum Gasteiger partial charge on any atom is 0.338 e.